The minimum Gasteiger partial charge on any atom is -0.493 e. The van der Waals surface area contributed by atoms with Crippen LogP contribution in [0.5, 0.6) is 11.6 Å². The summed E-state index contributed by atoms with van der Waals surface area (Å²) in [5.41, 5.74) is 2.62. The van der Waals surface area contributed by atoms with E-state index < -0.39 is 0 Å². The Labute approximate surface area is 177 Å². The fourth-order valence-electron chi connectivity index (χ4n) is 2.96. The third-order valence-corrected chi connectivity index (χ3v) is 5.33. The standard InChI is InChI=1S/C22H20N4O3S/c1-23-20(27)15-5-7-17(8-6-15)28-10-3-11-29-21-19-18(16-4-2-9-24-12-16)13-30-22(19)26-14-25-21/h2,4-9,12-14H,3,10-11H2,1H3,(H,23,27). The fourth-order valence-corrected chi connectivity index (χ4v) is 3.86. The van der Waals surface area contributed by atoms with Crippen LogP contribution < -0.4 is 14.8 Å². The molecule has 0 aliphatic carbocycles. The van der Waals surface area contributed by atoms with Gasteiger partial charge in [0.25, 0.3) is 5.91 Å². The number of carbonyl (C=O) groups excluding carboxylic acids is 1. The summed E-state index contributed by atoms with van der Waals surface area (Å²) in [6.45, 7) is 0.956. The van der Waals surface area contributed by atoms with Gasteiger partial charge in [0.1, 0.15) is 16.9 Å². The van der Waals surface area contributed by atoms with Crippen LogP contribution >= 0.6 is 11.3 Å². The lowest BCUT2D eigenvalue weighted by molar-refractivity contribution is 0.0963. The van der Waals surface area contributed by atoms with Gasteiger partial charge in [-0.15, -0.1) is 11.3 Å². The number of carbonyl (C=O) groups is 1. The summed E-state index contributed by atoms with van der Waals surface area (Å²) in [7, 11) is 1.61. The van der Waals surface area contributed by atoms with E-state index in [2.05, 4.69) is 25.6 Å². The second-order valence-corrected chi connectivity index (χ2v) is 7.26. The third-order valence-electron chi connectivity index (χ3n) is 4.45. The molecule has 0 radical (unpaired) electrons. The van der Waals surface area contributed by atoms with E-state index in [1.165, 1.54) is 6.33 Å². The van der Waals surface area contributed by atoms with Gasteiger partial charge in [-0.05, 0) is 30.3 Å². The van der Waals surface area contributed by atoms with E-state index in [9.17, 15) is 4.79 Å². The number of thiophene rings is 1. The number of hydrogen-bond acceptors (Lipinski definition) is 7. The first-order valence-electron chi connectivity index (χ1n) is 9.46. The number of benzene rings is 1. The fraction of sp³-hybridized carbons (Fsp3) is 0.182. The number of rotatable bonds is 8. The van der Waals surface area contributed by atoms with Crippen molar-refractivity contribution in [1.82, 2.24) is 20.3 Å². The zero-order valence-corrected chi connectivity index (χ0v) is 17.2. The molecule has 0 aliphatic rings. The van der Waals surface area contributed by atoms with E-state index in [4.69, 9.17) is 9.47 Å². The Balaban J connectivity index is 1.35. The molecule has 7 nitrogen and oxygen atoms in total. The predicted molar refractivity (Wildman–Crippen MR) is 116 cm³/mol. The van der Waals surface area contributed by atoms with E-state index in [0.717, 1.165) is 21.3 Å². The van der Waals surface area contributed by atoms with Crippen molar-refractivity contribution in [2.75, 3.05) is 20.3 Å². The van der Waals surface area contributed by atoms with Gasteiger partial charge in [0.15, 0.2) is 0 Å². The van der Waals surface area contributed by atoms with Crippen molar-refractivity contribution >= 4 is 27.5 Å². The van der Waals surface area contributed by atoms with Crippen LogP contribution in [0.4, 0.5) is 0 Å². The molecule has 8 heteroatoms. The Morgan fingerprint density at radius 1 is 1.10 bits per heavy atom. The van der Waals surface area contributed by atoms with Gasteiger partial charge >= 0.3 is 0 Å². The second-order valence-electron chi connectivity index (χ2n) is 6.40. The Morgan fingerprint density at radius 3 is 2.70 bits per heavy atom. The molecule has 0 fully saturated rings. The predicted octanol–water partition coefficient (Wildman–Crippen LogP) is 3.96. The van der Waals surface area contributed by atoms with E-state index >= 15 is 0 Å². The molecular weight excluding hydrogens is 400 g/mol. The lowest BCUT2D eigenvalue weighted by Gasteiger charge is -2.09. The summed E-state index contributed by atoms with van der Waals surface area (Å²) >= 11 is 1.56. The molecule has 0 aliphatic heterocycles. The van der Waals surface area contributed by atoms with Crippen molar-refractivity contribution < 1.29 is 14.3 Å². The van der Waals surface area contributed by atoms with Crippen LogP contribution in [0.2, 0.25) is 0 Å². The van der Waals surface area contributed by atoms with Gasteiger partial charge in [-0.1, -0.05) is 6.07 Å². The number of nitrogens with zero attached hydrogens (tertiary/aromatic N) is 3. The quantitative estimate of drug-likeness (QED) is 0.434. The van der Waals surface area contributed by atoms with Gasteiger partial charge in [-0.25, -0.2) is 9.97 Å². The van der Waals surface area contributed by atoms with Crippen LogP contribution in [0.25, 0.3) is 21.3 Å². The highest BCUT2D eigenvalue weighted by Gasteiger charge is 2.14. The zero-order chi connectivity index (χ0) is 20.8. The van der Waals surface area contributed by atoms with Crippen LogP contribution in [0.3, 0.4) is 0 Å². The summed E-state index contributed by atoms with van der Waals surface area (Å²) in [6.07, 6.45) is 5.78. The number of ether oxygens (including phenoxy) is 2. The maximum absolute atomic E-state index is 11.6. The molecule has 0 bridgehead atoms. The summed E-state index contributed by atoms with van der Waals surface area (Å²) in [6, 6.07) is 10.9. The van der Waals surface area contributed by atoms with Gasteiger partial charge < -0.3 is 14.8 Å². The maximum Gasteiger partial charge on any atom is 0.251 e. The van der Waals surface area contributed by atoms with Gasteiger partial charge in [0.2, 0.25) is 5.88 Å². The first-order chi connectivity index (χ1) is 14.8. The van der Waals surface area contributed by atoms with Gasteiger partial charge in [0.05, 0.1) is 18.6 Å². The number of amides is 1. The topological polar surface area (TPSA) is 86.2 Å². The molecular formula is C22H20N4O3S. The van der Waals surface area contributed by atoms with Gasteiger partial charge in [-0.2, -0.15) is 0 Å². The van der Waals surface area contributed by atoms with Crippen molar-refractivity contribution in [1.29, 1.82) is 0 Å². The maximum atomic E-state index is 11.6. The van der Waals surface area contributed by atoms with Crippen molar-refractivity contribution in [2.45, 2.75) is 6.42 Å². The lowest BCUT2D eigenvalue weighted by atomic mass is 10.1. The van der Waals surface area contributed by atoms with E-state index in [1.807, 2.05) is 18.3 Å². The van der Waals surface area contributed by atoms with Crippen molar-refractivity contribution in [3.63, 3.8) is 0 Å². The van der Waals surface area contributed by atoms with Crippen molar-refractivity contribution in [3.8, 4) is 22.8 Å². The molecule has 3 aromatic heterocycles. The highest BCUT2D eigenvalue weighted by Crippen LogP contribution is 2.37. The molecule has 4 rings (SSSR count). The highest BCUT2D eigenvalue weighted by molar-refractivity contribution is 7.17. The molecule has 152 valence electrons. The highest BCUT2D eigenvalue weighted by atomic mass is 32.1. The van der Waals surface area contributed by atoms with Crippen LogP contribution in [-0.4, -0.2) is 41.1 Å². The molecule has 30 heavy (non-hydrogen) atoms. The minimum absolute atomic E-state index is 0.120. The van der Waals surface area contributed by atoms with Crippen LogP contribution in [0.15, 0.2) is 60.5 Å². The number of fused-ring (bicyclic) bond motifs is 1. The Morgan fingerprint density at radius 2 is 1.93 bits per heavy atom. The normalized spacial score (nSPS) is 10.7. The molecule has 1 amide bonds. The van der Waals surface area contributed by atoms with Crippen LogP contribution in [0, 0.1) is 0 Å². The first-order valence-corrected chi connectivity index (χ1v) is 10.3. The van der Waals surface area contributed by atoms with E-state index in [-0.39, 0.29) is 5.91 Å². The molecule has 0 saturated heterocycles. The van der Waals surface area contributed by atoms with E-state index in [1.54, 1.807) is 48.8 Å². The smallest absolute Gasteiger partial charge is 0.251 e. The number of pyridine rings is 1. The number of nitrogens with one attached hydrogen (secondary N) is 1. The van der Waals surface area contributed by atoms with Gasteiger partial charge in [-0.3, -0.25) is 9.78 Å². The molecule has 0 saturated carbocycles. The molecule has 4 aromatic rings. The average Bonchev–Trinajstić information content (AvgIpc) is 3.24. The van der Waals surface area contributed by atoms with Crippen LogP contribution in [-0.2, 0) is 0 Å². The summed E-state index contributed by atoms with van der Waals surface area (Å²) in [4.78, 5) is 25.3. The SMILES string of the molecule is CNC(=O)c1ccc(OCCCOc2ncnc3scc(-c4cccnc4)c23)cc1. The number of aromatic nitrogens is 3. The zero-order valence-electron chi connectivity index (χ0n) is 16.4. The Kier molecular flexibility index (Phi) is 6.14. The molecule has 0 spiro atoms. The summed E-state index contributed by atoms with van der Waals surface area (Å²) in [5, 5.41) is 5.55. The third kappa shape index (κ3) is 4.38. The average molecular weight is 420 g/mol. The van der Waals surface area contributed by atoms with Crippen LogP contribution in [0.1, 0.15) is 16.8 Å². The van der Waals surface area contributed by atoms with Gasteiger partial charge in [0, 0.05) is 47.9 Å². The molecule has 1 aromatic carbocycles. The number of hydrogen-bond donors (Lipinski definition) is 1. The Bertz CT molecular complexity index is 1130. The summed E-state index contributed by atoms with van der Waals surface area (Å²) < 4.78 is 11.7. The minimum atomic E-state index is -0.120. The van der Waals surface area contributed by atoms with Crippen molar-refractivity contribution in [2.24, 2.45) is 0 Å². The monoisotopic (exact) mass is 420 g/mol. The molecule has 0 atom stereocenters. The molecule has 1 N–H and O–H groups in total. The molecule has 3 heterocycles. The largest absolute Gasteiger partial charge is 0.493 e. The lowest BCUT2D eigenvalue weighted by Crippen LogP contribution is -2.17. The van der Waals surface area contributed by atoms with Crippen molar-refractivity contribution in [3.05, 3.63) is 66.1 Å². The first kappa shape index (κ1) is 19.8. The van der Waals surface area contributed by atoms with E-state index in [0.29, 0.717) is 36.8 Å². The summed E-state index contributed by atoms with van der Waals surface area (Å²) in [5.74, 6) is 1.16. The second kappa shape index (κ2) is 9.32. The molecule has 0 unspecified atom stereocenters. The Hall–Kier alpha value is -3.52.